The van der Waals surface area contributed by atoms with E-state index in [-0.39, 0.29) is 109 Å². The molecule has 1 fully saturated rings. The lowest BCUT2D eigenvalue weighted by Crippen LogP contribution is -2.39. The molecule has 0 bridgehead atoms. The van der Waals surface area contributed by atoms with Crippen LogP contribution in [0.2, 0.25) is 0 Å². The van der Waals surface area contributed by atoms with Crippen LogP contribution in [-0.2, 0) is 61.9 Å². The van der Waals surface area contributed by atoms with Gasteiger partial charge >= 0.3 is 41.9 Å². The zero-order valence-corrected chi connectivity index (χ0v) is 48.5. The van der Waals surface area contributed by atoms with E-state index in [1.807, 2.05) is 34.6 Å². The monoisotopic (exact) mass is 1060 g/mol. The highest BCUT2D eigenvalue weighted by Crippen LogP contribution is 2.25. The Hall–Kier alpha value is -3.91. The normalized spacial score (nSPS) is 14.2. The Morgan fingerprint density at radius 2 is 0.770 bits per heavy atom. The zero-order valence-electron chi connectivity index (χ0n) is 48.5. The molecule has 0 N–H and O–H groups in total. The van der Waals surface area contributed by atoms with E-state index >= 15 is 0 Å². The van der Waals surface area contributed by atoms with Crippen molar-refractivity contribution < 1.29 is 66.7 Å². The molecule has 15 heteroatoms. The summed E-state index contributed by atoms with van der Waals surface area (Å²) in [5.41, 5.74) is 0. The first-order valence-electron chi connectivity index (χ1n) is 29.9. The summed E-state index contributed by atoms with van der Waals surface area (Å²) in [7, 11) is 0. The van der Waals surface area contributed by atoms with Gasteiger partial charge in [-0.05, 0) is 32.1 Å². The van der Waals surface area contributed by atoms with Crippen LogP contribution in [0.15, 0.2) is 0 Å². The van der Waals surface area contributed by atoms with E-state index in [0.29, 0.717) is 25.7 Å². The number of amides is 1. The molecule has 434 valence electrons. The van der Waals surface area contributed by atoms with E-state index in [4.69, 9.17) is 33.2 Å². The molecule has 0 spiro atoms. The first-order chi connectivity index (χ1) is 35.9. The highest BCUT2D eigenvalue weighted by atomic mass is 16.6. The number of carbonyl (C=O) groups excluding carboxylic acids is 7. The minimum absolute atomic E-state index is 0.0134. The van der Waals surface area contributed by atoms with Gasteiger partial charge in [0.05, 0.1) is 64.9 Å². The molecule has 1 heterocycles. The standard InChI is InChI=1S/C55H97NO14.2C2H6/c1-6-11-15-19-23-27-31-49(57)66-41-45(36-52(60)64-35-30-26-22-18-14-9-4)37-54(62)70-48-39-47(56(40-48)55(63)65-34-10-5)44-69-53(61)38-46(42-67-50(58)32-28-24-20-16-12-7-2)43-68-51(59)33-29-25-21-17-13-8-3;2*1-2/h45-48H,6-44H2,1-5H3;2*1-2H3. The van der Waals surface area contributed by atoms with Crippen molar-refractivity contribution in [1.29, 1.82) is 0 Å². The molecule has 3 atom stereocenters. The van der Waals surface area contributed by atoms with Crippen LogP contribution >= 0.6 is 0 Å². The minimum atomic E-state index is -0.772. The lowest BCUT2D eigenvalue weighted by molar-refractivity contribution is -0.155. The van der Waals surface area contributed by atoms with Gasteiger partial charge in [0.1, 0.15) is 12.7 Å². The number of unbranched alkanes of at least 4 members (excludes halogenated alkanes) is 20. The molecule has 0 radical (unpaired) electrons. The second kappa shape index (κ2) is 52.5. The van der Waals surface area contributed by atoms with Crippen molar-refractivity contribution in [3.63, 3.8) is 0 Å². The molecule has 0 aliphatic carbocycles. The van der Waals surface area contributed by atoms with Gasteiger partial charge in [0.25, 0.3) is 0 Å². The van der Waals surface area contributed by atoms with Crippen LogP contribution < -0.4 is 0 Å². The number of nitrogens with zero attached hydrogens (tertiary/aromatic N) is 1. The molecule has 15 nitrogen and oxygen atoms in total. The van der Waals surface area contributed by atoms with Gasteiger partial charge in [-0.1, -0.05) is 191 Å². The van der Waals surface area contributed by atoms with Crippen molar-refractivity contribution in [2.24, 2.45) is 11.8 Å². The largest absolute Gasteiger partial charge is 0.466 e. The first kappa shape index (κ1) is 72.2. The van der Waals surface area contributed by atoms with Crippen molar-refractivity contribution in [3.8, 4) is 0 Å². The summed E-state index contributed by atoms with van der Waals surface area (Å²) < 4.78 is 39.2. The summed E-state index contributed by atoms with van der Waals surface area (Å²) >= 11 is 0. The molecule has 0 aromatic rings. The molecule has 0 aromatic carbocycles. The lowest BCUT2D eigenvalue weighted by atomic mass is 10.0. The number of hydrogen-bond donors (Lipinski definition) is 0. The van der Waals surface area contributed by atoms with Gasteiger partial charge in [0, 0.05) is 37.5 Å². The molecule has 0 saturated carbocycles. The fourth-order valence-electron chi connectivity index (χ4n) is 8.28. The second-order valence-electron chi connectivity index (χ2n) is 19.4. The number of ether oxygens (including phenoxy) is 7. The Kier molecular flexibility index (Phi) is 51.2. The van der Waals surface area contributed by atoms with Gasteiger partial charge in [-0.25, -0.2) is 4.79 Å². The van der Waals surface area contributed by atoms with Gasteiger partial charge in [-0.3, -0.25) is 33.7 Å². The number of rotatable bonds is 45. The highest BCUT2D eigenvalue weighted by Gasteiger charge is 2.39. The quantitative estimate of drug-likeness (QED) is 0.0318. The molecule has 3 unspecified atom stereocenters. The Balaban J connectivity index is 0. The van der Waals surface area contributed by atoms with Gasteiger partial charge < -0.3 is 33.2 Å². The van der Waals surface area contributed by atoms with Crippen LogP contribution in [-0.4, -0.2) is 105 Å². The van der Waals surface area contributed by atoms with Crippen LogP contribution in [0.3, 0.4) is 0 Å². The topological polar surface area (TPSA) is 187 Å². The third-order valence-electron chi connectivity index (χ3n) is 12.5. The second-order valence-corrected chi connectivity index (χ2v) is 19.4. The van der Waals surface area contributed by atoms with E-state index in [0.717, 1.165) is 128 Å². The fraction of sp³-hybridized carbons (Fsp3) is 0.881. The number of esters is 6. The van der Waals surface area contributed by atoms with E-state index in [2.05, 4.69) is 27.7 Å². The minimum Gasteiger partial charge on any atom is -0.466 e. The summed E-state index contributed by atoms with van der Waals surface area (Å²) in [6, 6.07) is -0.689. The summed E-state index contributed by atoms with van der Waals surface area (Å²) in [5.74, 6) is -4.21. The summed E-state index contributed by atoms with van der Waals surface area (Å²) in [5, 5.41) is 0. The zero-order chi connectivity index (χ0) is 55.5. The van der Waals surface area contributed by atoms with Crippen LogP contribution in [0.25, 0.3) is 0 Å². The molecule has 0 aromatic heterocycles. The van der Waals surface area contributed by atoms with Crippen molar-refractivity contribution in [2.45, 2.75) is 280 Å². The average Bonchev–Trinajstić information content (AvgIpc) is 3.81. The van der Waals surface area contributed by atoms with Crippen molar-refractivity contribution in [2.75, 3.05) is 46.2 Å². The Bertz CT molecular complexity index is 1380. The number of hydrogen-bond acceptors (Lipinski definition) is 14. The smallest absolute Gasteiger partial charge is 0.410 e. The average molecular weight is 1060 g/mol. The number of likely N-dealkylation sites (tertiary alicyclic amines) is 1. The van der Waals surface area contributed by atoms with Crippen LogP contribution in [0, 0.1) is 11.8 Å². The van der Waals surface area contributed by atoms with Crippen molar-refractivity contribution >= 4 is 41.9 Å². The molecular formula is C59H109NO14. The molecule has 1 rings (SSSR count). The molecule has 1 saturated heterocycles. The predicted octanol–water partition coefficient (Wildman–Crippen LogP) is 14.3. The van der Waals surface area contributed by atoms with Gasteiger partial charge in [-0.15, -0.1) is 0 Å². The Morgan fingerprint density at radius 3 is 1.22 bits per heavy atom. The van der Waals surface area contributed by atoms with Gasteiger partial charge in [0.2, 0.25) is 0 Å². The van der Waals surface area contributed by atoms with E-state index in [1.165, 1.54) is 11.3 Å². The van der Waals surface area contributed by atoms with Gasteiger partial charge in [-0.2, -0.15) is 0 Å². The van der Waals surface area contributed by atoms with Crippen LogP contribution in [0.4, 0.5) is 4.79 Å². The van der Waals surface area contributed by atoms with Crippen LogP contribution in [0.5, 0.6) is 0 Å². The summed E-state index contributed by atoms with van der Waals surface area (Å²) in [6.45, 7) is 18.3. The maximum absolute atomic E-state index is 13.5. The summed E-state index contributed by atoms with van der Waals surface area (Å²) in [4.78, 5) is 92.3. The van der Waals surface area contributed by atoms with E-state index in [1.54, 1.807) is 0 Å². The highest BCUT2D eigenvalue weighted by molar-refractivity contribution is 5.75. The summed E-state index contributed by atoms with van der Waals surface area (Å²) in [6.07, 6.45) is 24.1. The maximum Gasteiger partial charge on any atom is 0.410 e. The first-order valence-corrected chi connectivity index (χ1v) is 29.9. The lowest BCUT2D eigenvalue weighted by Gasteiger charge is -2.23. The molecule has 74 heavy (non-hydrogen) atoms. The maximum atomic E-state index is 13.5. The predicted molar refractivity (Wildman–Crippen MR) is 292 cm³/mol. The molecule has 1 aliphatic heterocycles. The molecular weight excluding hydrogens is 947 g/mol. The Labute approximate surface area is 450 Å². The molecule has 1 amide bonds. The third-order valence-corrected chi connectivity index (χ3v) is 12.5. The third kappa shape index (κ3) is 42.3. The molecule has 1 aliphatic rings. The van der Waals surface area contributed by atoms with Crippen molar-refractivity contribution in [1.82, 2.24) is 4.90 Å². The fourth-order valence-corrected chi connectivity index (χ4v) is 8.28. The Morgan fingerprint density at radius 1 is 0.392 bits per heavy atom. The van der Waals surface area contributed by atoms with Gasteiger partial charge in [0.15, 0.2) is 0 Å². The SMILES string of the molecule is CC.CC.CCCCCCCCOC(=O)CC(COC(=O)CCCCCCCC)CC(=O)OC1CC(COC(=O)CC(COC(=O)CCCCCCCC)COC(=O)CCCCCCCC)N(C(=O)OCCC)C1. The van der Waals surface area contributed by atoms with E-state index < -0.39 is 48.0 Å². The number of carbonyl (C=O) groups is 7. The van der Waals surface area contributed by atoms with E-state index in [9.17, 15) is 33.6 Å². The van der Waals surface area contributed by atoms with Crippen molar-refractivity contribution in [3.05, 3.63) is 0 Å². The van der Waals surface area contributed by atoms with Crippen LogP contribution in [0.1, 0.15) is 268 Å².